The summed E-state index contributed by atoms with van der Waals surface area (Å²) in [5, 5.41) is 5.19. The molecule has 23 heavy (non-hydrogen) atoms. The fraction of sp³-hybridized carbons (Fsp3) is 0.471. The highest BCUT2D eigenvalue weighted by molar-refractivity contribution is 5.98. The van der Waals surface area contributed by atoms with E-state index >= 15 is 0 Å². The van der Waals surface area contributed by atoms with E-state index in [0.717, 1.165) is 11.3 Å². The van der Waals surface area contributed by atoms with Gasteiger partial charge < -0.3 is 10.2 Å². The molecule has 1 aromatic carbocycles. The molecule has 0 aromatic heterocycles. The Balaban J connectivity index is 3.34. The minimum absolute atomic E-state index is 0.293. The quantitative estimate of drug-likeness (QED) is 0.684. The lowest BCUT2D eigenvalue weighted by molar-refractivity contribution is -0.127. The van der Waals surface area contributed by atoms with E-state index in [1.807, 2.05) is 25.1 Å². The fourth-order valence-electron chi connectivity index (χ4n) is 2.46. The van der Waals surface area contributed by atoms with Gasteiger partial charge in [-0.05, 0) is 30.0 Å². The van der Waals surface area contributed by atoms with Crippen LogP contribution in [0, 0.1) is 0 Å². The third-order valence-corrected chi connectivity index (χ3v) is 3.75. The number of benzene rings is 1. The van der Waals surface area contributed by atoms with Crippen molar-refractivity contribution in [2.45, 2.75) is 45.6 Å². The summed E-state index contributed by atoms with van der Waals surface area (Å²) in [6.45, 7) is 6.05. The molecule has 0 spiro atoms. The Hall–Kier alpha value is -2.37. The number of hydrogen-bond donors (Lipinski definition) is 2. The van der Waals surface area contributed by atoms with Gasteiger partial charge in [-0.3, -0.25) is 19.7 Å². The van der Waals surface area contributed by atoms with Gasteiger partial charge in [-0.1, -0.05) is 33.3 Å². The van der Waals surface area contributed by atoms with Crippen LogP contribution < -0.4 is 15.5 Å². The van der Waals surface area contributed by atoms with Crippen molar-refractivity contribution in [2.24, 2.45) is 0 Å². The van der Waals surface area contributed by atoms with E-state index in [0.29, 0.717) is 37.3 Å². The summed E-state index contributed by atoms with van der Waals surface area (Å²) < 4.78 is 0. The Morgan fingerprint density at radius 2 is 2.00 bits per heavy atom. The normalized spacial score (nSPS) is 11.7. The molecule has 1 aromatic rings. The van der Waals surface area contributed by atoms with Gasteiger partial charge in [-0.2, -0.15) is 0 Å². The third kappa shape index (κ3) is 4.55. The lowest BCUT2D eigenvalue weighted by atomic mass is 10.0. The van der Waals surface area contributed by atoms with E-state index < -0.39 is 11.9 Å². The largest absolute Gasteiger partial charge is 0.386 e. The Morgan fingerprint density at radius 3 is 2.48 bits per heavy atom. The summed E-state index contributed by atoms with van der Waals surface area (Å²) >= 11 is 0. The minimum atomic E-state index is -0.725. The molecule has 1 atom stereocenters. The van der Waals surface area contributed by atoms with E-state index in [-0.39, 0.29) is 0 Å². The van der Waals surface area contributed by atoms with E-state index in [2.05, 4.69) is 24.5 Å². The smallest absolute Gasteiger partial charge is 0.249 e. The first-order valence-electron chi connectivity index (χ1n) is 7.79. The number of carbonyl (C=O) groups is 3. The van der Waals surface area contributed by atoms with Crippen LogP contribution in [0.4, 0.5) is 11.4 Å². The molecule has 0 bridgehead atoms. The maximum atomic E-state index is 12.2. The zero-order chi connectivity index (χ0) is 17.4. The maximum absolute atomic E-state index is 12.2. The van der Waals surface area contributed by atoms with Crippen molar-refractivity contribution in [1.82, 2.24) is 5.32 Å². The van der Waals surface area contributed by atoms with Crippen LogP contribution in [0.25, 0.3) is 0 Å². The predicted octanol–water partition coefficient (Wildman–Crippen LogP) is 2.26. The van der Waals surface area contributed by atoms with Crippen molar-refractivity contribution in [1.29, 1.82) is 0 Å². The van der Waals surface area contributed by atoms with Crippen molar-refractivity contribution in [2.75, 3.05) is 17.3 Å². The molecular weight excluding hydrogens is 294 g/mol. The van der Waals surface area contributed by atoms with Crippen LogP contribution in [0.1, 0.15) is 45.1 Å². The molecule has 3 amide bonds. The number of imide groups is 1. The van der Waals surface area contributed by atoms with E-state index in [1.165, 1.54) is 4.90 Å². The molecule has 0 fully saturated rings. The Morgan fingerprint density at radius 1 is 1.30 bits per heavy atom. The Bertz CT molecular complexity index is 558. The van der Waals surface area contributed by atoms with E-state index in [9.17, 15) is 14.4 Å². The van der Waals surface area contributed by atoms with Gasteiger partial charge in [-0.25, -0.2) is 0 Å². The molecule has 6 nitrogen and oxygen atoms in total. The molecule has 0 aliphatic heterocycles. The average Bonchev–Trinajstić information content (AvgIpc) is 2.54. The molecule has 126 valence electrons. The SMILES string of the molecule is CCCC(C(=O)NC=O)N(C=O)c1cc(C(C)C)ccc1NC. The molecule has 2 N–H and O–H groups in total. The summed E-state index contributed by atoms with van der Waals surface area (Å²) in [4.78, 5) is 35.8. The van der Waals surface area contributed by atoms with Crippen LogP contribution in [-0.2, 0) is 14.4 Å². The van der Waals surface area contributed by atoms with Crippen molar-refractivity contribution in [3.8, 4) is 0 Å². The van der Waals surface area contributed by atoms with Gasteiger partial charge in [0.2, 0.25) is 18.7 Å². The van der Waals surface area contributed by atoms with Gasteiger partial charge >= 0.3 is 0 Å². The van der Waals surface area contributed by atoms with E-state index in [1.54, 1.807) is 7.05 Å². The lowest BCUT2D eigenvalue weighted by Gasteiger charge is -2.29. The number of hydrogen-bond acceptors (Lipinski definition) is 4. The van der Waals surface area contributed by atoms with Crippen LogP contribution >= 0.6 is 0 Å². The minimum Gasteiger partial charge on any atom is -0.386 e. The van der Waals surface area contributed by atoms with Crippen LogP contribution in [-0.4, -0.2) is 31.8 Å². The highest BCUT2D eigenvalue weighted by atomic mass is 16.2. The molecule has 0 aliphatic carbocycles. The molecule has 0 heterocycles. The molecule has 1 rings (SSSR count). The van der Waals surface area contributed by atoms with Crippen molar-refractivity contribution < 1.29 is 14.4 Å². The number of nitrogens with zero attached hydrogens (tertiary/aromatic N) is 1. The Kier molecular flexibility index (Phi) is 7.25. The topological polar surface area (TPSA) is 78.5 Å². The second kappa shape index (κ2) is 8.92. The lowest BCUT2D eigenvalue weighted by Crippen LogP contribution is -2.46. The highest BCUT2D eigenvalue weighted by Gasteiger charge is 2.27. The fourth-order valence-corrected chi connectivity index (χ4v) is 2.46. The molecule has 6 heteroatoms. The second-order valence-electron chi connectivity index (χ2n) is 5.62. The summed E-state index contributed by atoms with van der Waals surface area (Å²) in [6, 6.07) is 5.06. The van der Waals surface area contributed by atoms with Crippen LogP contribution in [0.15, 0.2) is 18.2 Å². The first-order chi connectivity index (χ1) is 11.0. The third-order valence-electron chi connectivity index (χ3n) is 3.75. The van der Waals surface area contributed by atoms with Crippen LogP contribution in [0.3, 0.4) is 0 Å². The van der Waals surface area contributed by atoms with Gasteiger partial charge in [0.25, 0.3) is 0 Å². The average molecular weight is 319 g/mol. The number of anilines is 2. The van der Waals surface area contributed by atoms with E-state index in [4.69, 9.17) is 0 Å². The highest BCUT2D eigenvalue weighted by Crippen LogP contribution is 2.31. The van der Waals surface area contributed by atoms with Crippen molar-refractivity contribution in [3.63, 3.8) is 0 Å². The van der Waals surface area contributed by atoms with Crippen LogP contribution in [0.2, 0.25) is 0 Å². The molecule has 0 saturated heterocycles. The van der Waals surface area contributed by atoms with Gasteiger partial charge in [-0.15, -0.1) is 0 Å². The van der Waals surface area contributed by atoms with Gasteiger partial charge in [0, 0.05) is 7.05 Å². The van der Waals surface area contributed by atoms with Gasteiger partial charge in [0.05, 0.1) is 11.4 Å². The summed E-state index contributed by atoms with van der Waals surface area (Å²) in [6.07, 6.45) is 2.16. The molecule has 1 unspecified atom stereocenters. The monoisotopic (exact) mass is 319 g/mol. The van der Waals surface area contributed by atoms with Crippen LogP contribution in [0.5, 0.6) is 0 Å². The number of carbonyl (C=O) groups excluding carboxylic acids is 3. The molecule has 0 radical (unpaired) electrons. The number of nitrogens with one attached hydrogen (secondary N) is 2. The standard InChI is InChI=1S/C17H25N3O3/c1-5-6-15(17(23)19-10-21)20(11-22)16-9-13(12(2)3)7-8-14(16)18-4/h7-12,15,18H,5-6H2,1-4H3,(H,19,21,23). The predicted molar refractivity (Wildman–Crippen MR) is 91.5 cm³/mol. The number of amides is 3. The first kappa shape index (κ1) is 18.7. The first-order valence-corrected chi connectivity index (χ1v) is 7.79. The second-order valence-corrected chi connectivity index (χ2v) is 5.62. The molecule has 0 saturated carbocycles. The number of rotatable bonds is 9. The van der Waals surface area contributed by atoms with Crippen molar-refractivity contribution in [3.05, 3.63) is 23.8 Å². The summed E-state index contributed by atoms with van der Waals surface area (Å²) in [5.41, 5.74) is 2.45. The zero-order valence-corrected chi connectivity index (χ0v) is 14.1. The Labute approximate surface area is 137 Å². The molecule has 0 aliphatic rings. The summed E-state index contributed by atoms with van der Waals surface area (Å²) in [5.74, 6) is -0.187. The zero-order valence-electron chi connectivity index (χ0n) is 14.1. The summed E-state index contributed by atoms with van der Waals surface area (Å²) in [7, 11) is 1.76. The van der Waals surface area contributed by atoms with Gasteiger partial charge in [0.1, 0.15) is 6.04 Å². The van der Waals surface area contributed by atoms with Gasteiger partial charge in [0.15, 0.2) is 0 Å². The molecular formula is C17H25N3O3. The maximum Gasteiger partial charge on any atom is 0.249 e. The van der Waals surface area contributed by atoms with Crippen molar-refractivity contribution >= 4 is 30.1 Å².